The molecule has 0 spiro atoms. The molecule has 4 heteroatoms. The van der Waals surface area contributed by atoms with Gasteiger partial charge in [0.25, 0.3) is 0 Å². The van der Waals surface area contributed by atoms with Crippen LogP contribution in [0.25, 0.3) is 0 Å². The van der Waals surface area contributed by atoms with Crippen LogP contribution >= 0.6 is 27.3 Å². The summed E-state index contributed by atoms with van der Waals surface area (Å²) >= 11 is 5.11. The molecule has 0 bridgehead atoms. The molecule has 0 aliphatic rings. The van der Waals surface area contributed by atoms with Crippen LogP contribution in [0.4, 0.5) is 4.39 Å². The second-order valence-corrected chi connectivity index (χ2v) is 5.66. The quantitative estimate of drug-likeness (QED) is 0.894. The lowest BCUT2D eigenvalue weighted by Gasteiger charge is -2.14. The van der Waals surface area contributed by atoms with Crippen LogP contribution in [0, 0.1) is 5.82 Å². The molecule has 1 aromatic heterocycles. The Morgan fingerprint density at radius 2 is 2.18 bits per heavy atom. The Morgan fingerprint density at radius 1 is 1.41 bits per heavy atom. The monoisotopic (exact) mass is 313 g/mol. The molecule has 0 saturated heterocycles. The first-order chi connectivity index (χ1) is 8.20. The first kappa shape index (κ1) is 12.7. The second kappa shape index (κ2) is 5.76. The number of rotatable bonds is 4. The lowest BCUT2D eigenvalue weighted by molar-refractivity contribution is 0.560. The van der Waals surface area contributed by atoms with Crippen molar-refractivity contribution in [3.63, 3.8) is 0 Å². The summed E-state index contributed by atoms with van der Waals surface area (Å²) in [6.07, 6.45) is 0.663. The van der Waals surface area contributed by atoms with Crippen LogP contribution in [0.15, 0.2) is 40.2 Å². The maximum Gasteiger partial charge on any atom is 0.126 e. The summed E-state index contributed by atoms with van der Waals surface area (Å²) in [5.74, 6) is -0.136. The van der Waals surface area contributed by atoms with E-state index in [1.54, 1.807) is 17.4 Å². The number of hydrogen-bond acceptors (Lipinski definition) is 2. The SMILES string of the molecule is CNC(Cc1ccccc1F)c1cc(Br)cs1. The van der Waals surface area contributed by atoms with Gasteiger partial charge in [-0.05, 0) is 47.1 Å². The summed E-state index contributed by atoms with van der Waals surface area (Å²) in [6.45, 7) is 0. The van der Waals surface area contributed by atoms with E-state index < -0.39 is 0 Å². The van der Waals surface area contributed by atoms with Crippen LogP contribution in [0.1, 0.15) is 16.5 Å². The smallest absolute Gasteiger partial charge is 0.126 e. The lowest BCUT2D eigenvalue weighted by atomic mass is 10.0. The maximum absolute atomic E-state index is 13.6. The average molecular weight is 314 g/mol. The summed E-state index contributed by atoms with van der Waals surface area (Å²) < 4.78 is 14.6. The Balaban J connectivity index is 2.18. The Bertz CT molecular complexity index is 498. The Kier molecular flexibility index (Phi) is 4.31. The van der Waals surface area contributed by atoms with E-state index in [9.17, 15) is 4.39 Å². The molecule has 0 radical (unpaired) electrons. The van der Waals surface area contributed by atoms with Crippen molar-refractivity contribution in [2.24, 2.45) is 0 Å². The van der Waals surface area contributed by atoms with Gasteiger partial charge in [0.1, 0.15) is 5.82 Å². The van der Waals surface area contributed by atoms with Gasteiger partial charge in [-0.1, -0.05) is 18.2 Å². The predicted molar refractivity (Wildman–Crippen MR) is 73.9 cm³/mol. The Labute approximate surface area is 113 Å². The van der Waals surface area contributed by atoms with Crippen molar-refractivity contribution in [3.8, 4) is 0 Å². The van der Waals surface area contributed by atoms with Crippen LogP contribution in [0.5, 0.6) is 0 Å². The first-order valence-electron chi connectivity index (χ1n) is 5.35. The standard InChI is InChI=1S/C13H13BrFNS/c1-16-12(13-7-10(14)8-17-13)6-9-4-2-3-5-11(9)15/h2-5,7-8,12,16H,6H2,1H3. The molecular formula is C13H13BrFNS. The third kappa shape index (κ3) is 3.15. The summed E-state index contributed by atoms with van der Waals surface area (Å²) in [5, 5.41) is 5.27. The molecule has 1 aromatic carbocycles. The van der Waals surface area contributed by atoms with E-state index in [0.717, 1.165) is 10.0 Å². The van der Waals surface area contributed by atoms with Crippen LogP contribution < -0.4 is 5.32 Å². The van der Waals surface area contributed by atoms with Crippen molar-refractivity contribution >= 4 is 27.3 Å². The van der Waals surface area contributed by atoms with Crippen molar-refractivity contribution in [2.45, 2.75) is 12.5 Å². The van der Waals surface area contributed by atoms with Crippen molar-refractivity contribution in [2.75, 3.05) is 7.05 Å². The van der Waals surface area contributed by atoms with Crippen molar-refractivity contribution in [1.82, 2.24) is 5.32 Å². The summed E-state index contributed by atoms with van der Waals surface area (Å²) in [4.78, 5) is 1.21. The highest BCUT2D eigenvalue weighted by Gasteiger charge is 2.14. The van der Waals surface area contributed by atoms with Crippen molar-refractivity contribution in [1.29, 1.82) is 0 Å². The number of nitrogens with one attached hydrogen (secondary N) is 1. The number of likely N-dealkylation sites (N-methyl/N-ethyl adjacent to an activating group) is 1. The molecule has 1 unspecified atom stereocenters. The van der Waals surface area contributed by atoms with E-state index >= 15 is 0 Å². The summed E-state index contributed by atoms with van der Waals surface area (Å²) in [7, 11) is 1.90. The minimum Gasteiger partial charge on any atom is -0.312 e. The van der Waals surface area contributed by atoms with Gasteiger partial charge in [-0.15, -0.1) is 11.3 Å². The number of benzene rings is 1. The Morgan fingerprint density at radius 3 is 2.76 bits per heavy atom. The largest absolute Gasteiger partial charge is 0.312 e. The van der Waals surface area contributed by atoms with Crippen molar-refractivity contribution < 1.29 is 4.39 Å². The molecule has 90 valence electrons. The Hall–Kier alpha value is -0.710. The van der Waals surface area contributed by atoms with Gasteiger partial charge in [-0.25, -0.2) is 4.39 Å². The van der Waals surface area contributed by atoms with Crippen molar-refractivity contribution in [3.05, 3.63) is 56.4 Å². The van der Waals surface area contributed by atoms with Crippen LogP contribution in [0.3, 0.4) is 0 Å². The number of hydrogen-bond donors (Lipinski definition) is 1. The van der Waals surface area contributed by atoms with E-state index in [4.69, 9.17) is 0 Å². The van der Waals surface area contributed by atoms with E-state index in [0.29, 0.717) is 6.42 Å². The number of thiophene rings is 1. The zero-order valence-corrected chi connectivity index (χ0v) is 11.8. The second-order valence-electron chi connectivity index (χ2n) is 3.80. The number of halogens is 2. The summed E-state index contributed by atoms with van der Waals surface area (Å²) in [5.41, 5.74) is 0.747. The maximum atomic E-state index is 13.6. The van der Waals surface area contributed by atoms with Crippen LogP contribution in [-0.4, -0.2) is 7.05 Å². The molecule has 0 fully saturated rings. The van der Waals surface area contributed by atoms with Gasteiger partial charge >= 0.3 is 0 Å². The third-order valence-electron chi connectivity index (χ3n) is 2.66. The molecule has 2 aromatic rings. The molecule has 1 nitrogen and oxygen atoms in total. The summed E-state index contributed by atoms with van der Waals surface area (Å²) in [6, 6.07) is 9.16. The van der Waals surface area contributed by atoms with Gasteiger partial charge in [0.2, 0.25) is 0 Å². The van der Waals surface area contributed by atoms with Crippen LogP contribution in [0.2, 0.25) is 0 Å². The van der Waals surface area contributed by atoms with Crippen LogP contribution in [-0.2, 0) is 6.42 Å². The van der Waals surface area contributed by atoms with E-state index in [-0.39, 0.29) is 11.9 Å². The van der Waals surface area contributed by atoms with Gasteiger partial charge in [0, 0.05) is 20.8 Å². The lowest BCUT2D eigenvalue weighted by Crippen LogP contribution is -2.18. The molecule has 17 heavy (non-hydrogen) atoms. The average Bonchev–Trinajstić information content (AvgIpc) is 2.75. The highest BCUT2D eigenvalue weighted by Crippen LogP contribution is 2.28. The fourth-order valence-electron chi connectivity index (χ4n) is 1.74. The molecule has 0 saturated carbocycles. The molecular weight excluding hydrogens is 301 g/mol. The molecule has 1 atom stereocenters. The molecule has 1 heterocycles. The molecule has 1 N–H and O–H groups in total. The van der Waals surface area contributed by atoms with Gasteiger partial charge in [0.15, 0.2) is 0 Å². The molecule has 0 aliphatic carbocycles. The normalized spacial score (nSPS) is 12.6. The predicted octanol–water partition coefficient (Wildman–Crippen LogP) is 4.15. The topological polar surface area (TPSA) is 12.0 Å². The highest BCUT2D eigenvalue weighted by molar-refractivity contribution is 9.10. The highest BCUT2D eigenvalue weighted by atomic mass is 79.9. The van der Waals surface area contributed by atoms with Gasteiger partial charge in [0.05, 0.1) is 0 Å². The van der Waals surface area contributed by atoms with E-state index in [1.165, 1.54) is 10.9 Å². The third-order valence-corrected chi connectivity index (χ3v) is 4.47. The van der Waals surface area contributed by atoms with E-state index in [2.05, 4.69) is 27.3 Å². The van der Waals surface area contributed by atoms with Gasteiger partial charge < -0.3 is 5.32 Å². The molecule has 0 amide bonds. The first-order valence-corrected chi connectivity index (χ1v) is 7.02. The molecule has 2 rings (SSSR count). The van der Waals surface area contributed by atoms with E-state index in [1.807, 2.05) is 24.6 Å². The zero-order valence-electron chi connectivity index (χ0n) is 9.41. The molecule has 0 aliphatic heterocycles. The minimum atomic E-state index is -0.136. The van der Waals surface area contributed by atoms with Gasteiger partial charge in [-0.3, -0.25) is 0 Å². The fraction of sp³-hybridized carbons (Fsp3) is 0.231. The fourth-order valence-corrected chi connectivity index (χ4v) is 3.30. The zero-order chi connectivity index (χ0) is 12.3. The minimum absolute atomic E-state index is 0.136. The van der Waals surface area contributed by atoms with Gasteiger partial charge in [-0.2, -0.15) is 0 Å².